The lowest BCUT2D eigenvalue weighted by Gasteiger charge is -2.43. The van der Waals surface area contributed by atoms with Crippen molar-refractivity contribution in [3.8, 4) is 0 Å². The van der Waals surface area contributed by atoms with Crippen molar-refractivity contribution < 1.29 is 0 Å². The van der Waals surface area contributed by atoms with E-state index < -0.39 is 0 Å². The Morgan fingerprint density at radius 3 is 2.48 bits per heavy atom. The second kappa shape index (κ2) is 7.12. The van der Waals surface area contributed by atoms with Gasteiger partial charge in [0.2, 0.25) is 0 Å². The summed E-state index contributed by atoms with van der Waals surface area (Å²) < 4.78 is 1.20. The van der Waals surface area contributed by atoms with Gasteiger partial charge in [-0.05, 0) is 72.6 Å². The first-order chi connectivity index (χ1) is 9.84. The van der Waals surface area contributed by atoms with Crippen LogP contribution in [0.25, 0.3) is 0 Å². The van der Waals surface area contributed by atoms with Gasteiger partial charge in [-0.3, -0.25) is 4.90 Å². The van der Waals surface area contributed by atoms with Crippen LogP contribution in [-0.2, 0) is 0 Å². The summed E-state index contributed by atoms with van der Waals surface area (Å²) in [5, 5.41) is 0. The van der Waals surface area contributed by atoms with Crippen molar-refractivity contribution in [3.63, 3.8) is 0 Å². The SMILES string of the molecule is CCC(N)C(c1ccc(Br)s1)N(C)C1CCC(C)(C)CC1. The molecular formula is C17H29BrN2S. The number of thiophene rings is 1. The summed E-state index contributed by atoms with van der Waals surface area (Å²) in [4.78, 5) is 3.95. The lowest BCUT2D eigenvalue weighted by Crippen LogP contribution is -2.45. The molecule has 0 radical (unpaired) electrons. The molecule has 4 heteroatoms. The zero-order chi connectivity index (χ0) is 15.6. The van der Waals surface area contributed by atoms with Gasteiger partial charge in [-0.1, -0.05) is 20.8 Å². The number of nitrogens with zero attached hydrogens (tertiary/aromatic N) is 1. The average Bonchev–Trinajstić information content (AvgIpc) is 2.84. The largest absolute Gasteiger partial charge is 0.326 e. The molecule has 1 fully saturated rings. The number of halogens is 1. The summed E-state index contributed by atoms with van der Waals surface area (Å²) >= 11 is 5.42. The molecule has 1 heterocycles. The number of nitrogens with two attached hydrogens (primary N) is 1. The number of rotatable bonds is 5. The van der Waals surface area contributed by atoms with Crippen LogP contribution in [0.2, 0.25) is 0 Å². The molecule has 1 saturated carbocycles. The smallest absolute Gasteiger partial charge is 0.0702 e. The van der Waals surface area contributed by atoms with Crippen LogP contribution in [0.4, 0.5) is 0 Å². The second-order valence-electron chi connectivity index (χ2n) is 7.22. The van der Waals surface area contributed by atoms with E-state index in [1.807, 2.05) is 11.3 Å². The Bertz CT molecular complexity index is 447. The molecule has 2 atom stereocenters. The Kier molecular flexibility index (Phi) is 5.91. The molecule has 1 aliphatic carbocycles. The Balaban J connectivity index is 2.13. The van der Waals surface area contributed by atoms with Crippen molar-refractivity contribution >= 4 is 27.3 Å². The van der Waals surface area contributed by atoms with Gasteiger partial charge in [0.05, 0.1) is 9.83 Å². The average molecular weight is 373 g/mol. The molecule has 0 aliphatic heterocycles. The van der Waals surface area contributed by atoms with E-state index in [-0.39, 0.29) is 6.04 Å². The minimum Gasteiger partial charge on any atom is -0.326 e. The van der Waals surface area contributed by atoms with Crippen LogP contribution < -0.4 is 5.73 Å². The first-order valence-electron chi connectivity index (χ1n) is 8.07. The zero-order valence-electron chi connectivity index (χ0n) is 13.7. The normalized spacial score (nSPS) is 22.4. The molecule has 2 rings (SSSR count). The van der Waals surface area contributed by atoms with Crippen molar-refractivity contribution in [2.45, 2.75) is 71.0 Å². The van der Waals surface area contributed by atoms with Crippen LogP contribution in [0.1, 0.15) is 63.8 Å². The van der Waals surface area contributed by atoms with Gasteiger partial charge in [-0.15, -0.1) is 11.3 Å². The van der Waals surface area contributed by atoms with E-state index in [1.54, 1.807) is 0 Å². The summed E-state index contributed by atoms with van der Waals surface area (Å²) in [6.45, 7) is 6.99. The summed E-state index contributed by atoms with van der Waals surface area (Å²) in [5.74, 6) is 0. The van der Waals surface area contributed by atoms with Gasteiger partial charge in [0.15, 0.2) is 0 Å². The maximum Gasteiger partial charge on any atom is 0.0702 e. The Morgan fingerprint density at radius 1 is 1.38 bits per heavy atom. The van der Waals surface area contributed by atoms with E-state index in [1.165, 1.54) is 34.3 Å². The van der Waals surface area contributed by atoms with Crippen LogP contribution in [-0.4, -0.2) is 24.0 Å². The van der Waals surface area contributed by atoms with Crippen LogP contribution in [0.5, 0.6) is 0 Å². The molecule has 1 aliphatic rings. The Morgan fingerprint density at radius 2 is 2.00 bits per heavy atom. The molecule has 1 aromatic heterocycles. The van der Waals surface area contributed by atoms with Gasteiger partial charge in [-0.25, -0.2) is 0 Å². The summed E-state index contributed by atoms with van der Waals surface area (Å²) in [5.41, 5.74) is 6.99. The third-order valence-electron chi connectivity index (χ3n) is 5.09. The molecule has 2 unspecified atom stereocenters. The molecule has 0 amide bonds. The molecule has 0 spiro atoms. The van der Waals surface area contributed by atoms with Crippen LogP contribution in [0.15, 0.2) is 15.9 Å². The molecule has 2 nitrogen and oxygen atoms in total. The quantitative estimate of drug-likeness (QED) is 0.770. The van der Waals surface area contributed by atoms with E-state index in [0.29, 0.717) is 17.5 Å². The number of hydrogen-bond donors (Lipinski definition) is 1. The van der Waals surface area contributed by atoms with E-state index in [0.717, 1.165) is 6.42 Å². The summed E-state index contributed by atoms with van der Waals surface area (Å²) in [6.07, 6.45) is 6.25. The zero-order valence-corrected chi connectivity index (χ0v) is 16.1. The van der Waals surface area contributed by atoms with E-state index in [9.17, 15) is 0 Å². The van der Waals surface area contributed by atoms with Crippen molar-refractivity contribution in [1.82, 2.24) is 4.90 Å². The highest BCUT2D eigenvalue weighted by Gasteiger charge is 2.34. The lowest BCUT2D eigenvalue weighted by atomic mass is 9.75. The highest BCUT2D eigenvalue weighted by Crippen LogP contribution is 2.40. The third kappa shape index (κ3) is 4.31. The van der Waals surface area contributed by atoms with Crippen LogP contribution >= 0.6 is 27.3 Å². The van der Waals surface area contributed by atoms with E-state index in [2.05, 4.69) is 60.8 Å². The van der Waals surface area contributed by atoms with Crippen molar-refractivity contribution in [3.05, 3.63) is 20.8 Å². The molecule has 2 N–H and O–H groups in total. The van der Waals surface area contributed by atoms with Crippen molar-refractivity contribution in [2.75, 3.05) is 7.05 Å². The van der Waals surface area contributed by atoms with Gasteiger partial charge in [0.1, 0.15) is 0 Å². The Hall–Kier alpha value is 0.1000. The van der Waals surface area contributed by atoms with Gasteiger partial charge in [0, 0.05) is 17.0 Å². The first kappa shape index (κ1) is 17.5. The van der Waals surface area contributed by atoms with Gasteiger partial charge in [0.25, 0.3) is 0 Å². The summed E-state index contributed by atoms with van der Waals surface area (Å²) in [7, 11) is 2.27. The molecule has 0 aromatic carbocycles. The number of hydrogen-bond acceptors (Lipinski definition) is 3. The topological polar surface area (TPSA) is 29.3 Å². The fourth-order valence-corrected chi connectivity index (χ4v) is 5.09. The van der Waals surface area contributed by atoms with Gasteiger partial charge in [-0.2, -0.15) is 0 Å². The predicted octanol–water partition coefficient (Wildman–Crippen LogP) is 5.19. The highest BCUT2D eigenvalue weighted by atomic mass is 79.9. The maximum atomic E-state index is 6.47. The van der Waals surface area contributed by atoms with Gasteiger partial charge < -0.3 is 5.73 Å². The molecule has 0 bridgehead atoms. The fraction of sp³-hybridized carbons (Fsp3) is 0.765. The van der Waals surface area contributed by atoms with E-state index in [4.69, 9.17) is 5.73 Å². The molecule has 1 aromatic rings. The number of likely N-dealkylation sites (N-methyl/N-ethyl adjacent to an activating group) is 1. The molecular weight excluding hydrogens is 344 g/mol. The van der Waals surface area contributed by atoms with Crippen molar-refractivity contribution in [2.24, 2.45) is 11.1 Å². The Labute approximate surface area is 142 Å². The lowest BCUT2D eigenvalue weighted by molar-refractivity contribution is 0.0840. The fourth-order valence-electron chi connectivity index (χ4n) is 3.44. The van der Waals surface area contributed by atoms with E-state index >= 15 is 0 Å². The van der Waals surface area contributed by atoms with Crippen LogP contribution in [0, 0.1) is 5.41 Å². The van der Waals surface area contributed by atoms with Crippen molar-refractivity contribution in [1.29, 1.82) is 0 Å². The molecule has 0 saturated heterocycles. The third-order valence-corrected chi connectivity index (χ3v) is 6.78. The molecule has 120 valence electrons. The minimum atomic E-state index is 0.204. The summed E-state index contributed by atoms with van der Waals surface area (Å²) in [6, 6.07) is 5.60. The monoisotopic (exact) mass is 372 g/mol. The standard InChI is InChI=1S/C17H29BrN2S/c1-5-13(19)16(14-6-7-15(18)21-14)20(4)12-8-10-17(2,3)11-9-12/h6-7,12-13,16H,5,8-11,19H2,1-4H3. The van der Waals surface area contributed by atoms with Gasteiger partial charge >= 0.3 is 0 Å². The van der Waals surface area contributed by atoms with Crippen LogP contribution in [0.3, 0.4) is 0 Å². The minimum absolute atomic E-state index is 0.204. The second-order valence-corrected chi connectivity index (χ2v) is 9.71. The molecule has 21 heavy (non-hydrogen) atoms. The maximum absolute atomic E-state index is 6.47. The highest BCUT2D eigenvalue weighted by molar-refractivity contribution is 9.11. The predicted molar refractivity (Wildman–Crippen MR) is 96.8 cm³/mol. The first-order valence-corrected chi connectivity index (χ1v) is 9.68.